The van der Waals surface area contributed by atoms with Crippen molar-refractivity contribution < 1.29 is 14.4 Å². The first-order chi connectivity index (χ1) is 15.0. The number of carbonyl (C=O) groups excluding carboxylic acids is 3. The predicted molar refractivity (Wildman–Crippen MR) is 118 cm³/mol. The van der Waals surface area contributed by atoms with Gasteiger partial charge in [0.2, 0.25) is 17.7 Å². The molecular weight excluding hydrogens is 394 g/mol. The molecule has 4 N–H and O–H groups in total. The smallest absolute Gasteiger partial charge is 0.237 e. The Bertz CT molecular complexity index is 1210. The molecule has 0 spiro atoms. The second-order valence-electron chi connectivity index (χ2n) is 7.02. The maximum absolute atomic E-state index is 12.8. The third-order valence-corrected chi connectivity index (χ3v) is 4.78. The van der Waals surface area contributed by atoms with Gasteiger partial charge in [0.25, 0.3) is 0 Å². The van der Waals surface area contributed by atoms with Crippen LogP contribution in [0.1, 0.15) is 6.42 Å². The molecular formula is C23H19N5O3. The van der Waals surface area contributed by atoms with E-state index in [1.807, 2.05) is 12.1 Å². The van der Waals surface area contributed by atoms with Crippen LogP contribution in [0.4, 0.5) is 11.4 Å². The van der Waals surface area contributed by atoms with Gasteiger partial charge in [0.15, 0.2) is 0 Å². The Labute approximate surface area is 177 Å². The summed E-state index contributed by atoms with van der Waals surface area (Å²) in [4.78, 5) is 45.6. The largest absolute Gasteiger partial charge is 0.370 e. The van der Waals surface area contributed by atoms with Crippen LogP contribution in [0.15, 0.2) is 73.1 Å². The molecule has 0 saturated carbocycles. The Morgan fingerprint density at radius 2 is 1.26 bits per heavy atom. The number of rotatable bonds is 6. The maximum Gasteiger partial charge on any atom is 0.237 e. The van der Waals surface area contributed by atoms with Crippen molar-refractivity contribution in [2.24, 2.45) is 11.7 Å². The maximum atomic E-state index is 12.8. The average Bonchev–Trinajstić information content (AvgIpc) is 2.77. The zero-order valence-electron chi connectivity index (χ0n) is 16.4. The van der Waals surface area contributed by atoms with Crippen molar-refractivity contribution in [3.8, 4) is 0 Å². The van der Waals surface area contributed by atoms with Gasteiger partial charge in [0, 0.05) is 41.0 Å². The van der Waals surface area contributed by atoms with Crippen molar-refractivity contribution >= 4 is 50.9 Å². The highest BCUT2D eigenvalue weighted by molar-refractivity contribution is 6.13. The predicted octanol–water partition coefficient (Wildman–Crippen LogP) is 2.85. The lowest BCUT2D eigenvalue weighted by molar-refractivity contribution is -0.133. The van der Waals surface area contributed by atoms with Crippen molar-refractivity contribution in [3.63, 3.8) is 0 Å². The van der Waals surface area contributed by atoms with Gasteiger partial charge in [-0.15, -0.1) is 0 Å². The van der Waals surface area contributed by atoms with Gasteiger partial charge >= 0.3 is 0 Å². The normalized spacial score (nSPS) is 10.9. The van der Waals surface area contributed by atoms with Gasteiger partial charge in [0.1, 0.15) is 5.92 Å². The fourth-order valence-corrected chi connectivity index (χ4v) is 3.27. The minimum atomic E-state index is -1.29. The van der Waals surface area contributed by atoms with Crippen molar-refractivity contribution in [2.45, 2.75) is 6.42 Å². The number of aromatic nitrogens is 2. The number of nitrogens with one attached hydrogen (secondary N) is 2. The van der Waals surface area contributed by atoms with Crippen molar-refractivity contribution in [1.29, 1.82) is 0 Å². The highest BCUT2D eigenvalue weighted by Crippen LogP contribution is 2.21. The van der Waals surface area contributed by atoms with E-state index in [9.17, 15) is 14.4 Å². The fourth-order valence-electron chi connectivity index (χ4n) is 3.27. The Kier molecular flexibility index (Phi) is 5.53. The lowest BCUT2D eigenvalue weighted by Gasteiger charge is -2.16. The molecule has 8 nitrogen and oxygen atoms in total. The number of hydrogen-bond donors (Lipinski definition) is 3. The Balaban J connectivity index is 1.53. The summed E-state index contributed by atoms with van der Waals surface area (Å²) in [6.45, 7) is 0. The Morgan fingerprint density at radius 1 is 0.774 bits per heavy atom. The molecule has 0 fully saturated rings. The molecule has 3 amide bonds. The van der Waals surface area contributed by atoms with Crippen LogP contribution >= 0.6 is 0 Å². The molecule has 0 radical (unpaired) electrons. The van der Waals surface area contributed by atoms with Crippen molar-refractivity contribution in [3.05, 3.63) is 73.1 Å². The van der Waals surface area contributed by atoms with E-state index in [4.69, 9.17) is 5.73 Å². The summed E-state index contributed by atoms with van der Waals surface area (Å²) in [6, 6.07) is 17.7. The van der Waals surface area contributed by atoms with E-state index >= 15 is 0 Å². The number of primary amides is 1. The SMILES string of the molecule is NC(=O)CC(C(=O)Nc1ccc2ncccc2c1)C(=O)Nc1ccc2ncccc2c1. The number of amides is 3. The molecule has 0 aliphatic rings. The summed E-state index contributed by atoms with van der Waals surface area (Å²) in [6.07, 6.45) is 2.94. The zero-order valence-corrected chi connectivity index (χ0v) is 16.4. The van der Waals surface area contributed by atoms with E-state index in [1.165, 1.54) is 0 Å². The molecule has 0 bridgehead atoms. The number of pyridine rings is 2. The molecule has 31 heavy (non-hydrogen) atoms. The number of nitrogens with two attached hydrogens (primary N) is 1. The molecule has 0 saturated heterocycles. The minimum Gasteiger partial charge on any atom is -0.370 e. The lowest BCUT2D eigenvalue weighted by atomic mass is 10.0. The summed E-state index contributed by atoms with van der Waals surface area (Å²) >= 11 is 0. The van der Waals surface area contributed by atoms with Gasteiger partial charge in [0.05, 0.1) is 11.0 Å². The average molecular weight is 413 g/mol. The monoisotopic (exact) mass is 413 g/mol. The summed E-state index contributed by atoms with van der Waals surface area (Å²) in [7, 11) is 0. The van der Waals surface area contributed by atoms with Crippen LogP contribution in [0.25, 0.3) is 21.8 Å². The van der Waals surface area contributed by atoms with Crippen LogP contribution in [-0.2, 0) is 14.4 Å². The van der Waals surface area contributed by atoms with Gasteiger partial charge in [-0.05, 0) is 48.5 Å². The van der Waals surface area contributed by atoms with Crippen LogP contribution in [0.5, 0.6) is 0 Å². The highest BCUT2D eigenvalue weighted by atomic mass is 16.2. The Hall–Kier alpha value is -4.33. The van der Waals surface area contributed by atoms with Gasteiger partial charge in [-0.3, -0.25) is 24.4 Å². The van der Waals surface area contributed by atoms with Gasteiger partial charge in [-0.1, -0.05) is 12.1 Å². The molecule has 4 rings (SSSR count). The molecule has 8 heteroatoms. The number of hydrogen-bond acceptors (Lipinski definition) is 5. The second-order valence-corrected chi connectivity index (χ2v) is 7.02. The van der Waals surface area contributed by atoms with Crippen LogP contribution in [0.3, 0.4) is 0 Å². The van der Waals surface area contributed by atoms with Crippen LogP contribution < -0.4 is 16.4 Å². The number of benzene rings is 2. The standard InChI is InChI=1S/C23H19N5O3/c24-21(29)13-18(22(30)27-16-5-7-19-14(11-16)3-1-9-25-19)23(31)28-17-6-8-20-15(12-17)4-2-10-26-20/h1-12,18H,13H2,(H2,24,29)(H,27,30)(H,28,31). The number of nitrogens with zero attached hydrogens (tertiary/aromatic N) is 2. The molecule has 2 heterocycles. The molecule has 0 aliphatic heterocycles. The highest BCUT2D eigenvalue weighted by Gasteiger charge is 2.29. The molecule has 0 atom stereocenters. The van der Waals surface area contributed by atoms with E-state index in [0.29, 0.717) is 11.4 Å². The number of fused-ring (bicyclic) bond motifs is 2. The topological polar surface area (TPSA) is 127 Å². The molecule has 0 aliphatic carbocycles. The van der Waals surface area contributed by atoms with Crippen LogP contribution in [0.2, 0.25) is 0 Å². The summed E-state index contributed by atoms with van der Waals surface area (Å²) in [5.41, 5.74) is 7.82. The fraction of sp³-hybridized carbons (Fsp3) is 0.0870. The van der Waals surface area contributed by atoms with E-state index in [-0.39, 0.29) is 0 Å². The van der Waals surface area contributed by atoms with Gasteiger partial charge < -0.3 is 16.4 Å². The summed E-state index contributed by atoms with van der Waals surface area (Å²) < 4.78 is 0. The number of anilines is 2. The number of carbonyl (C=O) groups is 3. The van der Waals surface area contributed by atoms with E-state index in [1.54, 1.807) is 60.9 Å². The molecule has 2 aromatic heterocycles. The first-order valence-electron chi connectivity index (χ1n) is 9.59. The zero-order chi connectivity index (χ0) is 21.8. The molecule has 4 aromatic rings. The van der Waals surface area contributed by atoms with Crippen LogP contribution in [0, 0.1) is 5.92 Å². The van der Waals surface area contributed by atoms with E-state index < -0.39 is 30.1 Å². The second kappa shape index (κ2) is 8.58. The molecule has 154 valence electrons. The van der Waals surface area contributed by atoms with Crippen molar-refractivity contribution in [2.75, 3.05) is 10.6 Å². The third-order valence-electron chi connectivity index (χ3n) is 4.78. The van der Waals surface area contributed by atoms with E-state index in [0.717, 1.165) is 21.8 Å². The summed E-state index contributed by atoms with van der Waals surface area (Å²) in [5, 5.41) is 7.05. The van der Waals surface area contributed by atoms with Crippen molar-refractivity contribution in [1.82, 2.24) is 9.97 Å². The molecule has 0 unspecified atom stereocenters. The quantitative estimate of drug-likeness (QED) is 0.419. The molecule has 2 aromatic carbocycles. The lowest BCUT2D eigenvalue weighted by Crippen LogP contribution is -2.36. The first-order valence-corrected chi connectivity index (χ1v) is 9.59. The Morgan fingerprint density at radius 3 is 1.71 bits per heavy atom. The first kappa shape index (κ1) is 20.0. The van der Waals surface area contributed by atoms with Crippen LogP contribution in [-0.4, -0.2) is 27.7 Å². The van der Waals surface area contributed by atoms with E-state index in [2.05, 4.69) is 20.6 Å². The summed E-state index contributed by atoms with van der Waals surface area (Å²) in [5.74, 6) is -3.28. The van der Waals surface area contributed by atoms with Gasteiger partial charge in [-0.2, -0.15) is 0 Å². The van der Waals surface area contributed by atoms with Gasteiger partial charge in [-0.25, -0.2) is 0 Å². The third kappa shape index (κ3) is 4.64. The minimum absolute atomic E-state index is 0.415.